The van der Waals surface area contributed by atoms with Crippen molar-refractivity contribution in [2.75, 3.05) is 13.1 Å². The van der Waals surface area contributed by atoms with E-state index in [9.17, 15) is 4.57 Å². The zero-order valence-corrected chi connectivity index (χ0v) is 5.53. The molecule has 0 aliphatic carbocycles. The van der Waals surface area contributed by atoms with Crippen LogP contribution in [0.2, 0.25) is 0 Å². The Labute approximate surface area is 52.2 Å². The standard InChI is InChI=1S/C3H7N2O3P/c6-9(7,8)5-2-1-4-3-5/h3H,1-2H2,(H2,6,7,8). The Hall–Kier alpha value is -0.380. The third kappa shape index (κ3) is 1.51. The molecule has 0 radical (unpaired) electrons. The molecule has 0 aromatic carbocycles. The second-order valence-corrected chi connectivity index (χ2v) is 3.24. The Morgan fingerprint density at radius 1 is 1.67 bits per heavy atom. The Bertz CT molecular complexity index is 174. The molecule has 0 saturated heterocycles. The summed E-state index contributed by atoms with van der Waals surface area (Å²) in [5.74, 6) is 0. The van der Waals surface area contributed by atoms with Crippen LogP contribution < -0.4 is 0 Å². The third-order valence-electron chi connectivity index (χ3n) is 1.01. The molecule has 0 bridgehead atoms. The maximum atomic E-state index is 10.4. The van der Waals surface area contributed by atoms with E-state index in [1.807, 2.05) is 0 Å². The first-order valence-corrected chi connectivity index (χ1v) is 4.00. The SMILES string of the molecule is O=P(O)(O)N1C=NCC1. The van der Waals surface area contributed by atoms with E-state index in [1.54, 1.807) is 0 Å². The summed E-state index contributed by atoms with van der Waals surface area (Å²) in [4.78, 5) is 20.6. The predicted molar refractivity (Wildman–Crippen MR) is 32.1 cm³/mol. The second kappa shape index (κ2) is 2.10. The van der Waals surface area contributed by atoms with Crippen LogP contribution in [0.25, 0.3) is 0 Å². The van der Waals surface area contributed by atoms with E-state index in [1.165, 1.54) is 6.34 Å². The lowest BCUT2D eigenvalue weighted by atomic mass is 10.7. The minimum absolute atomic E-state index is 0.324. The minimum atomic E-state index is -4.03. The van der Waals surface area contributed by atoms with Crippen molar-refractivity contribution < 1.29 is 14.4 Å². The van der Waals surface area contributed by atoms with Crippen LogP contribution in [-0.4, -0.2) is 33.9 Å². The molecular formula is C3H7N2O3P. The molecule has 1 heterocycles. The molecular weight excluding hydrogens is 143 g/mol. The summed E-state index contributed by atoms with van der Waals surface area (Å²) in [6.45, 7) is 0.801. The highest BCUT2D eigenvalue weighted by molar-refractivity contribution is 7.49. The van der Waals surface area contributed by atoms with Gasteiger partial charge in [-0.3, -0.25) is 9.66 Å². The Morgan fingerprint density at radius 3 is 2.56 bits per heavy atom. The average molecular weight is 150 g/mol. The van der Waals surface area contributed by atoms with Gasteiger partial charge in [-0.2, -0.15) is 0 Å². The van der Waals surface area contributed by atoms with Gasteiger partial charge >= 0.3 is 7.75 Å². The van der Waals surface area contributed by atoms with Crippen molar-refractivity contribution in [2.45, 2.75) is 0 Å². The summed E-state index contributed by atoms with van der Waals surface area (Å²) in [6.07, 6.45) is 1.18. The second-order valence-electron chi connectivity index (χ2n) is 1.70. The molecule has 0 saturated carbocycles. The molecule has 1 rings (SSSR count). The van der Waals surface area contributed by atoms with Crippen LogP contribution in [-0.2, 0) is 4.57 Å². The zero-order chi connectivity index (χ0) is 6.91. The first kappa shape index (κ1) is 6.74. The number of hydrogen-bond acceptors (Lipinski definition) is 2. The van der Waals surface area contributed by atoms with Gasteiger partial charge in [0.2, 0.25) is 0 Å². The van der Waals surface area contributed by atoms with Crippen molar-refractivity contribution in [1.82, 2.24) is 4.67 Å². The number of rotatable bonds is 1. The molecule has 0 amide bonds. The molecule has 2 N–H and O–H groups in total. The highest BCUT2D eigenvalue weighted by Gasteiger charge is 2.23. The fourth-order valence-electron chi connectivity index (χ4n) is 0.567. The van der Waals surface area contributed by atoms with Gasteiger partial charge in [-0.05, 0) is 0 Å². The molecule has 0 spiro atoms. The van der Waals surface area contributed by atoms with Gasteiger partial charge in [-0.1, -0.05) is 0 Å². The summed E-state index contributed by atoms with van der Waals surface area (Å²) in [5.41, 5.74) is 0. The normalized spacial score (nSPS) is 19.1. The van der Waals surface area contributed by atoms with E-state index < -0.39 is 7.75 Å². The van der Waals surface area contributed by atoms with Crippen molar-refractivity contribution >= 4 is 14.1 Å². The van der Waals surface area contributed by atoms with Crippen LogP contribution in [0.4, 0.5) is 0 Å². The van der Waals surface area contributed by atoms with E-state index >= 15 is 0 Å². The van der Waals surface area contributed by atoms with Crippen LogP contribution in [0.1, 0.15) is 0 Å². The quantitative estimate of drug-likeness (QED) is 0.490. The monoisotopic (exact) mass is 150 g/mol. The lowest BCUT2D eigenvalue weighted by Gasteiger charge is -2.13. The zero-order valence-electron chi connectivity index (χ0n) is 4.64. The first-order valence-electron chi connectivity index (χ1n) is 2.43. The summed E-state index contributed by atoms with van der Waals surface area (Å²) in [7, 11) is -4.03. The van der Waals surface area contributed by atoms with Crippen LogP contribution in [0.3, 0.4) is 0 Å². The summed E-state index contributed by atoms with van der Waals surface area (Å²) >= 11 is 0. The van der Waals surface area contributed by atoms with Gasteiger partial charge in [0, 0.05) is 6.54 Å². The molecule has 0 unspecified atom stereocenters. The molecule has 9 heavy (non-hydrogen) atoms. The summed E-state index contributed by atoms with van der Waals surface area (Å²) < 4.78 is 11.3. The van der Waals surface area contributed by atoms with Gasteiger partial charge in [-0.25, -0.2) is 4.57 Å². The minimum Gasteiger partial charge on any atom is -0.308 e. The molecule has 1 aliphatic heterocycles. The summed E-state index contributed by atoms with van der Waals surface area (Å²) in [5, 5.41) is 0. The van der Waals surface area contributed by atoms with Crippen LogP contribution >= 0.6 is 7.75 Å². The van der Waals surface area contributed by atoms with Gasteiger partial charge in [0.15, 0.2) is 0 Å². The summed E-state index contributed by atoms with van der Waals surface area (Å²) in [6, 6.07) is 0. The molecule has 0 aromatic rings. The number of aliphatic imine (C=N–C) groups is 1. The number of nitrogens with zero attached hydrogens (tertiary/aromatic N) is 2. The molecule has 1 aliphatic rings. The van der Waals surface area contributed by atoms with Crippen LogP contribution in [0.5, 0.6) is 0 Å². The third-order valence-corrected chi connectivity index (χ3v) is 1.98. The highest BCUT2D eigenvalue weighted by Crippen LogP contribution is 2.39. The highest BCUT2D eigenvalue weighted by atomic mass is 31.2. The van der Waals surface area contributed by atoms with E-state index in [4.69, 9.17) is 9.79 Å². The molecule has 6 heteroatoms. The lowest BCUT2D eigenvalue weighted by Crippen LogP contribution is -2.15. The first-order chi connectivity index (χ1) is 4.11. The van der Waals surface area contributed by atoms with E-state index in [2.05, 4.69) is 4.99 Å². The fraction of sp³-hybridized carbons (Fsp3) is 0.667. The maximum absolute atomic E-state index is 10.4. The van der Waals surface area contributed by atoms with Crippen molar-refractivity contribution in [3.63, 3.8) is 0 Å². The Morgan fingerprint density at radius 2 is 2.33 bits per heavy atom. The number of hydrogen-bond donors (Lipinski definition) is 2. The van der Waals surface area contributed by atoms with E-state index in [-0.39, 0.29) is 0 Å². The fourth-order valence-corrected chi connectivity index (χ4v) is 1.12. The van der Waals surface area contributed by atoms with Gasteiger partial charge in [0.1, 0.15) is 0 Å². The van der Waals surface area contributed by atoms with Gasteiger partial charge in [0.05, 0.1) is 12.9 Å². The average Bonchev–Trinajstić information content (AvgIpc) is 2.08. The Balaban J connectivity index is 2.64. The topological polar surface area (TPSA) is 73.1 Å². The van der Waals surface area contributed by atoms with Crippen LogP contribution in [0.15, 0.2) is 4.99 Å². The van der Waals surface area contributed by atoms with Crippen molar-refractivity contribution in [2.24, 2.45) is 4.99 Å². The molecule has 52 valence electrons. The van der Waals surface area contributed by atoms with E-state index in [0.29, 0.717) is 13.1 Å². The lowest BCUT2D eigenvalue weighted by molar-refractivity contribution is 0.324. The van der Waals surface area contributed by atoms with E-state index in [0.717, 1.165) is 4.67 Å². The van der Waals surface area contributed by atoms with Crippen molar-refractivity contribution in [3.05, 3.63) is 0 Å². The molecule has 0 aromatic heterocycles. The van der Waals surface area contributed by atoms with Gasteiger partial charge in [-0.15, -0.1) is 0 Å². The Kier molecular flexibility index (Phi) is 1.57. The van der Waals surface area contributed by atoms with Crippen molar-refractivity contribution in [1.29, 1.82) is 0 Å². The van der Waals surface area contributed by atoms with Gasteiger partial charge in [0.25, 0.3) is 0 Å². The molecule has 0 atom stereocenters. The molecule has 0 fully saturated rings. The molecule has 5 nitrogen and oxygen atoms in total. The predicted octanol–water partition coefficient (Wildman–Crippen LogP) is -0.577. The van der Waals surface area contributed by atoms with Crippen LogP contribution in [0, 0.1) is 0 Å². The van der Waals surface area contributed by atoms with Crippen molar-refractivity contribution in [3.8, 4) is 0 Å². The smallest absolute Gasteiger partial charge is 0.308 e. The maximum Gasteiger partial charge on any atom is 0.430 e. The largest absolute Gasteiger partial charge is 0.430 e. The van der Waals surface area contributed by atoms with Gasteiger partial charge < -0.3 is 9.79 Å².